The summed E-state index contributed by atoms with van der Waals surface area (Å²) in [6.07, 6.45) is 0. The van der Waals surface area contributed by atoms with Crippen LogP contribution in [-0.4, -0.2) is 27.9 Å². The number of aromatic nitrogens is 2. The van der Waals surface area contributed by atoms with E-state index in [1.165, 1.54) is 23.1 Å². The van der Waals surface area contributed by atoms with Crippen LogP contribution in [0.15, 0.2) is 88.1 Å². The molecule has 0 N–H and O–H groups in total. The van der Waals surface area contributed by atoms with Crippen LogP contribution in [0.4, 0.5) is 0 Å². The number of fused-ring (bicyclic) bond motifs is 2. The monoisotopic (exact) mass is 512 g/mol. The average Bonchev–Trinajstić information content (AvgIpc) is 3.55. The van der Waals surface area contributed by atoms with Gasteiger partial charge in [-0.3, -0.25) is 14.2 Å². The summed E-state index contributed by atoms with van der Waals surface area (Å²) in [6.45, 7) is 2.19. The molecule has 8 heteroatoms. The van der Waals surface area contributed by atoms with Crippen LogP contribution in [0.5, 0.6) is 11.5 Å². The summed E-state index contributed by atoms with van der Waals surface area (Å²) in [5.41, 5.74) is 4.08. The van der Waals surface area contributed by atoms with Gasteiger partial charge in [0.05, 0.1) is 16.8 Å². The molecule has 6 rings (SSSR count). The summed E-state index contributed by atoms with van der Waals surface area (Å²) in [5, 5.41) is 3.04. The minimum absolute atomic E-state index is 0.0845. The molecule has 178 valence electrons. The first-order valence-corrected chi connectivity index (χ1v) is 13.2. The largest absolute Gasteiger partial charge is 0.454 e. The van der Waals surface area contributed by atoms with Crippen molar-refractivity contribution in [2.24, 2.45) is 0 Å². The number of rotatable bonds is 6. The van der Waals surface area contributed by atoms with Gasteiger partial charge in [-0.2, -0.15) is 0 Å². The number of thiophene rings is 1. The van der Waals surface area contributed by atoms with E-state index in [1.807, 2.05) is 66.9 Å². The molecule has 0 saturated heterocycles. The first-order valence-electron chi connectivity index (χ1n) is 11.3. The van der Waals surface area contributed by atoms with E-state index in [1.54, 1.807) is 22.8 Å². The Bertz CT molecular complexity index is 1660. The van der Waals surface area contributed by atoms with Crippen molar-refractivity contribution in [3.05, 3.63) is 99.7 Å². The Morgan fingerprint density at radius 2 is 1.81 bits per heavy atom. The van der Waals surface area contributed by atoms with Crippen LogP contribution < -0.4 is 15.0 Å². The Labute approximate surface area is 215 Å². The second-order valence-electron chi connectivity index (χ2n) is 8.35. The summed E-state index contributed by atoms with van der Waals surface area (Å²) in [7, 11) is 0. The van der Waals surface area contributed by atoms with Gasteiger partial charge in [-0.05, 0) is 42.8 Å². The molecule has 1 aliphatic rings. The highest BCUT2D eigenvalue weighted by Crippen LogP contribution is 2.35. The maximum atomic E-state index is 13.9. The topological polar surface area (TPSA) is 70.4 Å². The van der Waals surface area contributed by atoms with E-state index in [2.05, 4.69) is 0 Å². The van der Waals surface area contributed by atoms with Crippen molar-refractivity contribution in [1.82, 2.24) is 9.55 Å². The van der Waals surface area contributed by atoms with Gasteiger partial charge in [0.2, 0.25) is 6.79 Å². The summed E-state index contributed by atoms with van der Waals surface area (Å²) >= 11 is 2.69. The number of nitrogens with zero attached hydrogens (tertiary/aromatic N) is 2. The molecule has 3 aromatic carbocycles. The number of carbonyl (C=O) groups excluding carboxylic acids is 1. The lowest BCUT2D eigenvalue weighted by Gasteiger charge is -2.12. The zero-order valence-corrected chi connectivity index (χ0v) is 20.9. The zero-order chi connectivity index (χ0) is 24.6. The molecule has 1 aliphatic heterocycles. The maximum absolute atomic E-state index is 13.9. The van der Waals surface area contributed by atoms with E-state index < -0.39 is 0 Å². The lowest BCUT2D eigenvalue weighted by Crippen LogP contribution is -2.22. The van der Waals surface area contributed by atoms with E-state index in [4.69, 9.17) is 14.5 Å². The molecule has 0 bridgehead atoms. The number of carbonyl (C=O) groups is 1. The molecule has 0 radical (unpaired) electrons. The Morgan fingerprint density at radius 1 is 1.03 bits per heavy atom. The van der Waals surface area contributed by atoms with Gasteiger partial charge in [0.25, 0.3) is 5.56 Å². The standard InChI is InChI=1S/C28H20N2O4S2/c1-17-7-9-18(10-8-17)21-14-35-26-25(21)27(32)30(20-5-3-2-4-6-20)28(29-26)36-15-22(31)19-11-12-23-24(13-19)34-16-33-23/h2-14H,15-16H2,1H3. The van der Waals surface area contributed by atoms with Crippen LogP contribution in [-0.2, 0) is 0 Å². The third kappa shape index (κ3) is 4.08. The van der Waals surface area contributed by atoms with Crippen molar-refractivity contribution in [3.8, 4) is 28.3 Å². The number of Topliss-reactive ketones (excluding diaryl/α,β-unsaturated/α-hetero) is 1. The number of ketones is 1. The molecule has 0 unspecified atom stereocenters. The summed E-state index contributed by atoms with van der Waals surface area (Å²) in [6, 6.07) is 22.7. The molecule has 5 aromatic rings. The predicted molar refractivity (Wildman–Crippen MR) is 143 cm³/mol. The normalized spacial score (nSPS) is 12.2. The highest BCUT2D eigenvalue weighted by molar-refractivity contribution is 7.99. The summed E-state index contributed by atoms with van der Waals surface area (Å²) in [5.74, 6) is 1.24. The molecular formula is C28H20N2O4S2. The van der Waals surface area contributed by atoms with Crippen LogP contribution in [0, 0.1) is 6.92 Å². The van der Waals surface area contributed by atoms with Crippen LogP contribution >= 0.6 is 23.1 Å². The summed E-state index contributed by atoms with van der Waals surface area (Å²) in [4.78, 5) is 32.4. The van der Waals surface area contributed by atoms with Crippen molar-refractivity contribution in [3.63, 3.8) is 0 Å². The molecular weight excluding hydrogens is 492 g/mol. The lowest BCUT2D eigenvalue weighted by molar-refractivity contribution is 0.102. The zero-order valence-electron chi connectivity index (χ0n) is 19.3. The van der Waals surface area contributed by atoms with Gasteiger partial charge in [0.15, 0.2) is 22.4 Å². The van der Waals surface area contributed by atoms with Gasteiger partial charge < -0.3 is 9.47 Å². The number of hydrogen-bond acceptors (Lipinski definition) is 7. The van der Waals surface area contributed by atoms with E-state index >= 15 is 0 Å². The number of para-hydroxylation sites is 1. The van der Waals surface area contributed by atoms with Crippen LogP contribution in [0.3, 0.4) is 0 Å². The maximum Gasteiger partial charge on any atom is 0.268 e. The van der Waals surface area contributed by atoms with E-state index in [9.17, 15) is 9.59 Å². The predicted octanol–water partition coefficient (Wildman–Crippen LogP) is 6.13. The second-order valence-corrected chi connectivity index (χ2v) is 10.1. The minimum Gasteiger partial charge on any atom is -0.454 e. The first kappa shape index (κ1) is 22.6. The smallest absolute Gasteiger partial charge is 0.268 e. The molecule has 6 nitrogen and oxygen atoms in total. The lowest BCUT2D eigenvalue weighted by atomic mass is 10.1. The Kier molecular flexibility index (Phi) is 5.83. The van der Waals surface area contributed by atoms with Crippen LogP contribution in [0.25, 0.3) is 27.0 Å². The molecule has 36 heavy (non-hydrogen) atoms. The van der Waals surface area contributed by atoms with E-state index in [-0.39, 0.29) is 23.9 Å². The van der Waals surface area contributed by atoms with Gasteiger partial charge in [-0.15, -0.1) is 11.3 Å². The number of thioether (sulfide) groups is 1. The van der Waals surface area contributed by atoms with Crippen LogP contribution in [0.1, 0.15) is 15.9 Å². The fraction of sp³-hybridized carbons (Fsp3) is 0.107. The fourth-order valence-electron chi connectivity index (χ4n) is 4.10. The molecule has 0 fully saturated rings. The van der Waals surface area contributed by atoms with Crippen molar-refractivity contribution in [2.75, 3.05) is 12.5 Å². The first-order chi connectivity index (χ1) is 17.6. The average molecular weight is 513 g/mol. The van der Waals surface area contributed by atoms with Gasteiger partial charge >= 0.3 is 0 Å². The number of ether oxygens (including phenoxy) is 2. The van der Waals surface area contributed by atoms with Crippen molar-refractivity contribution in [2.45, 2.75) is 12.1 Å². The highest BCUT2D eigenvalue weighted by Gasteiger charge is 2.21. The van der Waals surface area contributed by atoms with Gasteiger partial charge in [0.1, 0.15) is 4.83 Å². The Morgan fingerprint density at radius 3 is 2.61 bits per heavy atom. The van der Waals surface area contributed by atoms with Gasteiger partial charge in [-0.25, -0.2) is 4.98 Å². The minimum atomic E-state index is -0.152. The molecule has 0 atom stereocenters. The van der Waals surface area contributed by atoms with Crippen molar-refractivity contribution >= 4 is 39.1 Å². The molecule has 3 heterocycles. The Hall–Kier alpha value is -3.88. The second kappa shape index (κ2) is 9.29. The quantitative estimate of drug-likeness (QED) is 0.155. The number of hydrogen-bond donors (Lipinski definition) is 0. The SMILES string of the molecule is Cc1ccc(-c2csc3nc(SCC(=O)c4ccc5c(c4)OCO5)n(-c4ccccc4)c(=O)c23)cc1. The van der Waals surface area contributed by atoms with Gasteiger partial charge in [-0.1, -0.05) is 59.8 Å². The van der Waals surface area contributed by atoms with Crippen LogP contribution in [0.2, 0.25) is 0 Å². The third-order valence-electron chi connectivity index (χ3n) is 5.98. The molecule has 0 spiro atoms. The molecule has 0 amide bonds. The summed E-state index contributed by atoms with van der Waals surface area (Å²) < 4.78 is 12.3. The third-order valence-corrected chi connectivity index (χ3v) is 7.79. The molecule has 0 aliphatic carbocycles. The van der Waals surface area contributed by atoms with Gasteiger partial charge in [0, 0.05) is 16.5 Å². The number of benzene rings is 3. The van der Waals surface area contributed by atoms with E-state index in [0.717, 1.165) is 16.7 Å². The van der Waals surface area contributed by atoms with E-state index in [0.29, 0.717) is 38.1 Å². The molecule has 0 saturated carbocycles. The van der Waals surface area contributed by atoms with Crippen molar-refractivity contribution in [1.29, 1.82) is 0 Å². The highest BCUT2D eigenvalue weighted by atomic mass is 32.2. The van der Waals surface area contributed by atoms with Crippen molar-refractivity contribution < 1.29 is 14.3 Å². The molecule has 2 aromatic heterocycles. The fourth-order valence-corrected chi connectivity index (χ4v) is 6.00. The number of aryl methyl sites for hydroxylation is 1. The Balaban J connectivity index is 1.40.